The van der Waals surface area contributed by atoms with Crippen LogP contribution in [0.5, 0.6) is 0 Å². The van der Waals surface area contributed by atoms with Gasteiger partial charge in [0.2, 0.25) is 0 Å². The Morgan fingerprint density at radius 2 is 1.90 bits per heavy atom. The summed E-state index contributed by atoms with van der Waals surface area (Å²) in [5, 5.41) is 0. The lowest BCUT2D eigenvalue weighted by Crippen LogP contribution is -2.61. The van der Waals surface area contributed by atoms with Crippen molar-refractivity contribution >= 4 is 17.8 Å². The number of rotatable bonds is 2. The topological polar surface area (TPSA) is 78.9 Å². The van der Waals surface area contributed by atoms with Crippen molar-refractivity contribution in [2.75, 3.05) is 37.6 Å². The first-order valence-electron chi connectivity index (χ1n) is 10.2. The number of piperidine rings is 1. The van der Waals surface area contributed by atoms with Crippen molar-refractivity contribution in [3.8, 4) is 0 Å². The van der Waals surface area contributed by atoms with Crippen molar-refractivity contribution in [1.82, 2.24) is 19.8 Å². The van der Waals surface area contributed by atoms with Crippen LogP contribution >= 0.6 is 0 Å². The highest BCUT2D eigenvalue weighted by molar-refractivity contribution is 5.94. The van der Waals surface area contributed by atoms with E-state index in [2.05, 4.69) is 9.97 Å². The Labute approximate surface area is 177 Å². The van der Waals surface area contributed by atoms with Crippen molar-refractivity contribution in [3.05, 3.63) is 54.0 Å². The first-order valence-corrected chi connectivity index (χ1v) is 10.2. The fraction of sp³-hybridized carbons (Fsp3) is 0.429. The van der Waals surface area contributed by atoms with Gasteiger partial charge in [0.1, 0.15) is 17.2 Å². The predicted molar refractivity (Wildman–Crippen MR) is 105 cm³/mol. The fourth-order valence-corrected chi connectivity index (χ4v) is 4.76. The average molecular weight is 429 g/mol. The summed E-state index contributed by atoms with van der Waals surface area (Å²) in [6, 6.07) is 4.06. The van der Waals surface area contributed by atoms with E-state index in [4.69, 9.17) is 4.74 Å². The second-order valence-electron chi connectivity index (χ2n) is 8.07. The second kappa shape index (κ2) is 7.44. The van der Waals surface area contributed by atoms with Gasteiger partial charge in [-0.05, 0) is 18.2 Å². The lowest BCUT2D eigenvalue weighted by Gasteiger charge is -2.45. The van der Waals surface area contributed by atoms with Crippen LogP contribution in [0.4, 0.5) is 19.4 Å². The van der Waals surface area contributed by atoms with E-state index in [-0.39, 0.29) is 24.2 Å². The number of aromatic nitrogens is 2. The molecular formula is C21H21F2N5O3. The molecule has 0 radical (unpaired) electrons. The zero-order valence-corrected chi connectivity index (χ0v) is 16.7. The molecule has 31 heavy (non-hydrogen) atoms. The van der Waals surface area contributed by atoms with Gasteiger partial charge in [-0.25, -0.2) is 18.6 Å². The summed E-state index contributed by atoms with van der Waals surface area (Å²) in [6.45, 7) is 2.11. The summed E-state index contributed by atoms with van der Waals surface area (Å²) in [5.74, 6) is -0.799. The van der Waals surface area contributed by atoms with Gasteiger partial charge in [-0.1, -0.05) is 0 Å². The molecule has 162 valence electrons. The number of carbonyl (C=O) groups excluding carboxylic acids is 2. The first-order chi connectivity index (χ1) is 15.0. The van der Waals surface area contributed by atoms with Gasteiger partial charge in [0.25, 0.3) is 5.91 Å². The first kappa shape index (κ1) is 19.7. The Morgan fingerprint density at radius 1 is 1.10 bits per heavy atom. The maximum atomic E-state index is 14.1. The number of hydrogen-bond acceptors (Lipinski definition) is 6. The van der Waals surface area contributed by atoms with E-state index in [1.807, 2.05) is 4.90 Å². The van der Waals surface area contributed by atoms with Gasteiger partial charge in [-0.3, -0.25) is 14.7 Å². The maximum absolute atomic E-state index is 14.1. The summed E-state index contributed by atoms with van der Waals surface area (Å²) < 4.78 is 33.1. The van der Waals surface area contributed by atoms with Crippen LogP contribution in [-0.2, 0) is 4.74 Å². The van der Waals surface area contributed by atoms with Gasteiger partial charge < -0.3 is 14.5 Å². The molecule has 3 aliphatic rings. The Hall–Kier alpha value is -3.30. The Morgan fingerprint density at radius 3 is 2.61 bits per heavy atom. The predicted octanol–water partition coefficient (Wildman–Crippen LogP) is 2.07. The molecule has 0 aromatic carbocycles. The molecule has 5 heterocycles. The molecule has 0 N–H and O–H groups in total. The van der Waals surface area contributed by atoms with E-state index in [0.717, 1.165) is 6.20 Å². The van der Waals surface area contributed by atoms with Crippen molar-refractivity contribution < 1.29 is 23.1 Å². The van der Waals surface area contributed by atoms with Crippen LogP contribution in [0, 0.1) is 11.6 Å². The number of amides is 2. The molecule has 0 aliphatic carbocycles. The minimum absolute atomic E-state index is 0.0278. The quantitative estimate of drug-likeness (QED) is 0.727. The maximum Gasteiger partial charge on any atom is 0.410 e. The minimum atomic E-state index is -0.719. The van der Waals surface area contributed by atoms with Crippen LogP contribution in [0.25, 0.3) is 0 Å². The number of hydrogen-bond donors (Lipinski definition) is 0. The molecule has 2 aromatic rings. The smallest absolute Gasteiger partial charge is 0.410 e. The summed E-state index contributed by atoms with van der Waals surface area (Å²) in [6.07, 6.45) is 4.33. The largest absolute Gasteiger partial charge is 0.440 e. The Kier molecular flexibility index (Phi) is 4.71. The van der Waals surface area contributed by atoms with Gasteiger partial charge in [-0.2, -0.15) is 0 Å². The lowest BCUT2D eigenvalue weighted by molar-refractivity contribution is -0.00327. The van der Waals surface area contributed by atoms with Gasteiger partial charge in [-0.15, -0.1) is 0 Å². The number of carbonyl (C=O) groups is 2. The van der Waals surface area contributed by atoms with Crippen LogP contribution in [0.2, 0.25) is 0 Å². The molecular weight excluding hydrogens is 408 g/mol. The summed E-state index contributed by atoms with van der Waals surface area (Å²) in [5.41, 5.74) is -0.747. The number of nitrogens with zero attached hydrogens (tertiary/aromatic N) is 5. The molecule has 5 rings (SSSR count). The molecule has 10 heteroatoms. The molecule has 2 amide bonds. The fourth-order valence-electron chi connectivity index (χ4n) is 4.76. The highest BCUT2D eigenvalue weighted by atomic mass is 19.1. The van der Waals surface area contributed by atoms with Crippen LogP contribution in [0.3, 0.4) is 0 Å². The molecule has 8 nitrogen and oxygen atoms in total. The molecule has 1 unspecified atom stereocenters. The van der Waals surface area contributed by atoms with E-state index < -0.39 is 23.1 Å². The van der Waals surface area contributed by atoms with Crippen molar-refractivity contribution in [2.45, 2.75) is 24.5 Å². The van der Waals surface area contributed by atoms with Crippen LogP contribution in [0.1, 0.15) is 23.2 Å². The third-order valence-corrected chi connectivity index (χ3v) is 6.45. The second-order valence-corrected chi connectivity index (χ2v) is 8.07. The molecule has 1 atom stereocenters. The normalized spacial score (nSPS) is 22.5. The van der Waals surface area contributed by atoms with E-state index in [1.165, 1.54) is 24.5 Å². The lowest BCUT2D eigenvalue weighted by atomic mass is 9.83. The van der Waals surface area contributed by atoms with E-state index in [9.17, 15) is 18.4 Å². The molecule has 3 fully saturated rings. The number of anilines is 1. The molecule has 3 aliphatic heterocycles. The Balaban J connectivity index is 1.33. The van der Waals surface area contributed by atoms with Gasteiger partial charge in [0, 0.05) is 51.8 Å². The summed E-state index contributed by atoms with van der Waals surface area (Å²) in [7, 11) is 0. The van der Waals surface area contributed by atoms with Crippen molar-refractivity contribution in [1.29, 1.82) is 0 Å². The number of pyridine rings is 2. The molecule has 0 saturated carbocycles. The van der Waals surface area contributed by atoms with Crippen LogP contribution in [0.15, 0.2) is 36.8 Å². The monoisotopic (exact) mass is 429 g/mol. The molecule has 0 bridgehead atoms. The molecule has 1 spiro atoms. The third-order valence-electron chi connectivity index (χ3n) is 6.45. The zero-order chi connectivity index (χ0) is 21.6. The highest BCUT2D eigenvalue weighted by Gasteiger charge is 2.57. The zero-order valence-electron chi connectivity index (χ0n) is 16.7. The van der Waals surface area contributed by atoms with E-state index in [1.54, 1.807) is 15.9 Å². The summed E-state index contributed by atoms with van der Waals surface area (Å²) >= 11 is 0. The molecule has 3 saturated heterocycles. The van der Waals surface area contributed by atoms with Crippen molar-refractivity contribution in [3.63, 3.8) is 0 Å². The van der Waals surface area contributed by atoms with Crippen molar-refractivity contribution in [2.24, 2.45) is 0 Å². The minimum Gasteiger partial charge on any atom is -0.440 e. The number of ether oxygens (including phenoxy) is 1. The van der Waals surface area contributed by atoms with Crippen LogP contribution < -0.4 is 4.90 Å². The van der Waals surface area contributed by atoms with Gasteiger partial charge in [0.05, 0.1) is 24.0 Å². The molecule has 2 aromatic heterocycles. The van der Waals surface area contributed by atoms with Gasteiger partial charge in [0.15, 0.2) is 5.82 Å². The average Bonchev–Trinajstić information content (AvgIpc) is 3.05. The Bertz CT molecular complexity index is 1010. The number of fused-ring (bicyclic) bond motifs is 2. The highest BCUT2D eigenvalue weighted by Crippen LogP contribution is 2.41. The van der Waals surface area contributed by atoms with E-state index in [0.29, 0.717) is 44.8 Å². The number of halogens is 2. The summed E-state index contributed by atoms with van der Waals surface area (Å²) in [4.78, 5) is 38.5. The van der Waals surface area contributed by atoms with Crippen LogP contribution in [-0.4, -0.2) is 76.1 Å². The third kappa shape index (κ3) is 3.35. The SMILES string of the molecule is O=C(c1ccncc1F)N1CCN2C(=O)OC3(CCN(c4ccc(F)cn4)CC3)C2C1. The standard InChI is InChI=1S/C21H21F2N5O3/c22-14-1-2-18(25-11-14)26-7-4-21(5-8-26)17-13-27(9-10-28(17)20(30)31-21)19(29)15-3-6-24-12-16(15)23/h1-3,6,11-12,17H,4-5,7-10,13H2. The van der Waals surface area contributed by atoms with Gasteiger partial charge >= 0.3 is 6.09 Å². The number of piperazine rings is 1. The van der Waals surface area contributed by atoms with E-state index >= 15 is 0 Å².